The SMILES string of the molecule is C(#Cc1ccc2c(c1)OCO2)/C=C1/C=CC2(COCCO2)O1. The second-order valence-electron chi connectivity index (χ2n) is 5.03. The molecule has 5 nitrogen and oxygen atoms in total. The summed E-state index contributed by atoms with van der Waals surface area (Å²) < 4.78 is 27.3. The molecule has 5 heteroatoms. The van der Waals surface area contributed by atoms with Crippen LogP contribution in [0.3, 0.4) is 0 Å². The quantitative estimate of drug-likeness (QED) is 0.685. The van der Waals surface area contributed by atoms with Crippen molar-refractivity contribution in [1.82, 2.24) is 0 Å². The molecule has 3 aliphatic heterocycles. The highest BCUT2D eigenvalue weighted by atomic mass is 16.7. The molecule has 0 aromatic heterocycles. The van der Waals surface area contributed by atoms with Crippen LogP contribution in [0, 0.1) is 11.8 Å². The predicted octanol–water partition coefficient (Wildman–Crippen LogP) is 1.98. The van der Waals surface area contributed by atoms with Gasteiger partial charge in [-0.1, -0.05) is 11.8 Å². The molecule has 1 atom stereocenters. The van der Waals surface area contributed by atoms with Crippen LogP contribution in [0.1, 0.15) is 5.56 Å². The lowest BCUT2D eigenvalue weighted by atomic mass is 10.2. The fourth-order valence-electron chi connectivity index (χ4n) is 2.40. The van der Waals surface area contributed by atoms with Crippen LogP contribution in [0.2, 0.25) is 0 Å². The molecule has 22 heavy (non-hydrogen) atoms. The van der Waals surface area contributed by atoms with Crippen molar-refractivity contribution in [2.75, 3.05) is 26.6 Å². The first-order chi connectivity index (χ1) is 10.8. The van der Waals surface area contributed by atoms with E-state index in [0.717, 1.165) is 17.1 Å². The molecular formula is C17H14O5. The fraction of sp³-hybridized carbons (Fsp3) is 0.294. The first-order valence-corrected chi connectivity index (χ1v) is 7.04. The Kier molecular flexibility index (Phi) is 3.26. The summed E-state index contributed by atoms with van der Waals surface area (Å²) in [4.78, 5) is 0. The van der Waals surface area contributed by atoms with E-state index in [0.29, 0.717) is 25.6 Å². The van der Waals surface area contributed by atoms with Gasteiger partial charge in [-0.15, -0.1) is 0 Å². The zero-order chi connectivity index (χ0) is 14.8. The van der Waals surface area contributed by atoms with E-state index in [1.54, 1.807) is 6.08 Å². The Labute approximate surface area is 128 Å². The van der Waals surface area contributed by atoms with Crippen LogP contribution in [0.25, 0.3) is 0 Å². The number of rotatable bonds is 0. The molecule has 3 aliphatic rings. The molecule has 0 bridgehead atoms. The molecule has 1 fully saturated rings. The van der Waals surface area contributed by atoms with Gasteiger partial charge in [0.15, 0.2) is 11.5 Å². The third-order valence-electron chi connectivity index (χ3n) is 3.47. The summed E-state index contributed by atoms with van der Waals surface area (Å²) in [6, 6.07) is 5.61. The second-order valence-corrected chi connectivity index (χ2v) is 5.03. The van der Waals surface area contributed by atoms with Gasteiger partial charge in [-0.05, 0) is 30.4 Å². The zero-order valence-corrected chi connectivity index (χ0v) is 11.8. The van der Waals surface area contributed by atoms with Crippen molar-refractivity contribution < 1.29 is 23.7 Å². The highest BCUT2D eigenvalue weighted by Gasteiger charge is 2.37. The van der Waals surface area contributed by atoms with Gasteiger partial charge < -0.3 is 23.7 Å². The first-order valence-electron chi connectivity index (χ1n) is 7.04. The number of fused-ring (bicyclic) bond motifs is 1. The predicted molar refractivity (Wildman–Crippen MR) is 77.3 cm³/mol. The summed E-state index contributed by atoms with van der Waals surface area (Å²) in [7, 11) is 0. The number of benzene rings is 1. The Balaban J connectivity index is 1.46. The highest BCUT2D eigenvalue weighted by Crippen LogP contribution is 2.32. The van der Waals surface area contributed by atoms with E-state index in [4.69, 9.17) is 23.7 Å². The Morgan fingerprint density at radius 3 is 3.00 bits per heavy atom. The number of ether oxygens (including phenoxy) is 5. The molecule has 0 radical (unpaired) electrons. The van der Waals surface area contributed by atoms with Crippen molar-refractivity contribution in [3.05, 3.63) is 47.7 Å². The molecule has 0 N–H and O–H groups in total. The van der Waals surface area contributed by atoms with Gasteiger partial charge in [-0.3, -0.25) is 0 Å². The van der Waals surface area contributed by atoms with Gasteiger partial charge in [-0.2, -0.15) is 0 Å². The van der Waals surface area contributed by atoms with Crippen molar-refractivity contribution in [3.8, 4) is 23.3 Å². The van der Waals surface area contributed by atoms with Crippen molar-refractivity contribution in [3.63, 3.8) is 0 Å². The second kappa shape index (κ2) is 5.41. The van der Waals surface area contributed by atoms with Crippen molar-refractivity contribution in [1.29, 1.82) is 0 Å². The van der Waals surface area contributed by atoms with Crippen LogP contribution in [-0.4, -0.2) is 32.4 Å². The first kappa shape index (κ1) is 13.3. The molecular weight excluding hydrogens is 284 g/mol. The standard InChI is InChI=1S/C17H14O5/c1(2-13-4-5-15-16(10-13)20-12-19-15)3-14-6-7-17(22-14)11-18-8-9-21-17/h3-7,10H,8-9,11-12H2/b14-3-. The van der Waals surface area contributed by atoms with Gasteiger partial charge in [0.25, 0.3) is 5.79 Å². The topological polar surface area (TPSA) is 46.2 Å². The fourth-order valence-corrected chi connectivity index (χ4v) is 2.40. The largest absolute Gasteiger partial charge is 0.455 e. The number of hydrogen-bond donors (Lipinski definition) is 0. The molecule has 4 rings (SSSR count). The van der Waals surface area contributed by atoms with E-state index in [9.17, 15) is 0 Å². The van der Waals surface area contributed by atoms with E-state index in [1.165, 1.54) is 0 Å². The van der Waals surface area contributed by atoms with Gasteiger partial charge in [0.1, 0.15) is 12.4 Å². The number of hydrogen-bond acceptors (Lipinski definition) is 5. The van der Waals surface area contributed by atoms with Crippen molar-refractivity contribution >= 4 is 0 Å². The maximum absolute atomic E-state index is 5.76. The molecule has 1 aromatic rings. The van der Waals surface area contributed by atoms with Gasteiger partial charge in [0.2, 0.25) is 6.79 Å². The van der Waals surface area contributed by atoms with E-state index in [-0.39, 0.29) is 6.79 Å². The Morgan fingerprint density at radius 1 is 1.14 bits per heavy atom. The van der Waals surface area contributed by atoms with Crippen LogP contribution < -0.4 is 9.47 Å². The van der Waals surface area contributed by atoms with Gasteiger partial charge in [0, 0.05) is 11.6 Å². The van der Waals surface area contributed by atoms with Gasteiger partial charge in [0.05, 0.1) is 13.2 Å². The molecule has 1 unspecified atom stereocenters. The van der Waals surface area contributed by atoms with Crippen LogP contribution in [0.4, 0.5) is 0 Å². The molecule has 0 saturated carbocycles. The summed E-state index contributed by atoms with van der Waals surface area (Å²) in [5.74, 6) is 7.39. The maximum atomic E-state index is 5.76. The average molecular weight is 298 g/mol. The lowest BCUT2D eigenvalue weighted by molar-refractivity contribution is -0.239. The van der Waals surface area contributed by atoms with Crippen LogP contribution in [0.15, 0.2) is 42.2 Å². The van der Waals surface area contributed by atoms with Crippen LogP contribution >= 0.6 is 0 Å². The molecule has 1 saturated heterocycles. The Bertz CT molecular complexity index is 701. The van der Waals surface area contributed by atoms with Gasteiger partial charge in [-0.25, -0.2) is 0 Å². The maximum Gasteiger partial charge on any atom is 0.254 e. The molecule has 1 spiro atoms. The number of allylic oxidation sites excluding steroid dienone is 2. The third kappa shape index (κ3) is 2.54. The summed E-state index contributed by atoms with van der Waals surface area (Å²) >= 11 is 0. The van der Waals surface area contributed by atoms with Crippen LogP contribution in [0.5, 0.6) is 11.5 Å². The molecule has 1 aromatic carbocycles. The molecule has 0 aliphatic carbocycles. The normalized spacial score (nSPS) is 26.8. The summed E-state index contributed by atoms with van der Waals surface area (Å²) in [5, 5.41) is 0. The lowest BCUT2D eigenvalue weighted by Crippen LogP contribution is -2.41. The minimum Gasteiger partial charge on any atom is -0.455 e. The summed E-state index contributed by atoms with van der Waals surface area (Å²) in [6.07, 6.45) is 5.43. The van der Waals surface area contributed by atoms with Crippen molar-refractivity contribution in [2.24, 2.45) is 0 Å². The summed E-state index contributed by atoms with van der Waals surface area (Å²) in [5.41, 5.74) is 0.857. The minimum atomic E-state index is -0.773. The lowest BCUT2D eigenvalue weighted by Gasteiger charge is -2.31. The Hall–Kier alpha value is -2.42. The molecule has 3 heterocycles. The molecule has 0 amide bonds. The minimum absolute atomic E-state index is 0.263. The van der Waals surface area contributed by atoms with Gasteiger partial charge >= 0.3 is 0 Å². The average Bonchev–Trinajstić information content (AvgIpc) is 3.15. The molecule has 112 valence electrons. The van der Waals surface area contributed by atoms with E-state index < -0.39 is 5.79 Å². The van der Waals surface area contributed by atoms with E-state index in [2.05, 4.69) is 11.8 Å². The smallest absolute Gasteiger partial charge is 0.254 e. The van der Waals surface area contributed by atoms with E-state index in [1.807, 2.05) is 30.4 Å². The highest BCUT2D eigenvalue weighted by molar-refractivity contribution is 5.50. The van der Waals surface area contributed by atoms with Crippen LogP contribution in [-0.2, 0) is 14.2 Å². The van der Waals surface area contributed by atoms with E-state index >= 15 is 0 Å². The monoisotopic (exact) mass is 298 g/mol. The summed E-state index contributed by atoms with van der Waals surface area (Å²) in [6.45, 7) is 1.79. The Morgan fingerprint density at radius 2 is 2.09 bits per heavy atom. The van der Waals surface area contributed by atoms with Crippen molar-refractivity contribution in [2.45, 2.75) is 5.79 Å². The zero-order valence-electron chi connectivity index (χ0n) is 11.8. The third-order valence-corrected chi connectivity index (χ3v) is 3.47.